The van der Waals surface area contributed by atoms with E-state index < -0.39 is 10.0 Å². The maximum absolute atomic E-state index is 11.5. The Kier molecular flexibility index (Phi) is 2.87. The van der Waals surface area contributed by atoms with Crippen molar-refractivity contribution in [1.29, 1.82) is 0 Å². The Labute approximate surface area is 107 Å². The minimum atomic E-state index is -3.26. The molecule has 16 heavy (non-hydrogen) atoms. The smallest absolute Gasteiger partial charge is 0.236 e. The van der Waals surface area contributed by atoms with Crippen molar-refractivity contribution in [3.8, 4) is 5.75 Å². The summed E-state index contributed by atoms with van der Waals surface area (Å²) in [6.45, 7) is 0. The molecule has 1 heterocycles. The summed E-state index contributed by atoms with van der Waals surface area (Å²) in [5.41, 5.74) is 0.674. The third kappa shape index (κ3) is 1.91. The van der Waals surface area contributed by atoms with Crippen LogP contribution in [0.5, 0.6) is 5.75 Å². The van der Waals surface area contributed by atoms with Crippen LogP contribution in [0.1, 0.15) is 0 Å². The van der Waals surface area contributed by atoms with E-state index in [4.69, 9.17) is 4.74 Å². The summed E-state index contributed by atoms with van der Waals surface area (Å²) in [5.74, 6) is 0.719. The molecule has 0 N–H and O–H groups in total. The number of methoxy groups -OCH3 is 1. The van der Waals surface area contributed by atoms with Crippen LogP contribution in [0.2, 0.25) is 0 Å². The summed E-state index contributed by atoms with van der Waals surface area (Å²) in [5, 5.41) is 0.880. The molecule has 2 rings (SSSR count). The number of aromatic nitrogens is 1. The number of hydrogen-bond acceptors (Lipinski definition) is 3. The topological polar surface area (TPSA) is 48.3 Å². The third-order valence-corrected chi connectivity index (χ3v) is 4.16. The van der Waals surface area contributed by atoms with Crippen LogP contribution >= 0.6 is 22.6 Å². The fourth-order valence-electron chi connectivity index (χ4n) is 1.54. The fourth-order valence-corrected chi connectivity index (χ4v) is 3.25. The SMILES string of the molecule is COc1ccc2c(c1)c(I)cn2S(C)(=O)=O. The molecule has 0 aliphatic rings. The standard InChI is InChI=1S/C10H10INO3S/c1-15-7-3-4-10-8(5-7)9(11)6-12(10)16(2,13)14/h3-6H,1-2H3. The quantitative estimate of drug-likeness (QED) is 0.779. The molecule has 0 aliphatic heterocycles. The van der Waals surface area contributed by atoms with Crippen LogP contribution in [-0.2, 0) is 10.0 Å². The lowest BCUT2D eigenvalue weighted by atomic mass is 10.2. The maximum Gasteiger partial charge on any atom is 0.236 e. The second-order valence-electron chi connectivity index (χ2n) is 3.42. The summed E-state index contributed by atoms with van der Waals surface area (Å²) < 4.78 is 30.4. The van der Waals surface area contributed by atoms with Crippen LogP contribution in [0.3, 0.4) is 0 Å². The highest BCUT2D eigenvalue weighted by molar-refractivity contribution is 14.1. The second kappa shape index (κ2) is 3.92. The van der Waals surface area contributed by atoms with Gasteiger partial charge in [0.15, 0.2) is 0 Å². The highest BCUT2D eigenvalue weighted by atomic mass is 127. The molecule has 1 aromatic carbocycles. The van der Waals surface area contributed by atoms with E-state index in [0.717, 1.165) is 14.7 Å². The van der Waals surface area contributed by atoms with Gasteiger partial charge in [-0.3, -0.25) is 0 Å². The maximum atomic E-state index is 11.5. The number of halogens is 1. The fraction of sp³-hybridized carbons (Fsp3) is 0.200. The van der Waals surface area contributed by atoms with E-state index in [1.165, 1.54) is 10.2 Å². The van der Waals surface area contributed by atoms with Gasteiger partial charge in [-0.15, -0.1) is 0 Å². The van der Waals surface area contributed by atoms with Crippen molar-refractivity contribution in [1.82, 2.24) is 3.97 Å². The summed E-state index contributed by atoms with van der Waals surface area (Å²) in [6.07, 6.45) is 2.80. The largest absolute Gasteiger partial charge is 0.497 e. The lowest BCUT2D eigenvalue weighted by molar-refractivity contribution is 0.415. The van der Waals surface area contributed by atoms with E-state index in [1.807, 2.05) is 6.07 Å². The van der Waals surface area contributed by atoms with Crippen molar-refractivity contribution in [2.45, 2.75) is 0 Å². The molecule has 0 radical (unpaired) electrons. The normalized spacial score (nSPS) is 11.9. The molecule has 6 heteroatoms. The van der Waals surface area contributed by atoms with Crippen molar-refractivity contribution >= 4 is 43.5 Å². The first-order valence-corrected chi connectivity index (χ1v) is 7.41. The Morgan fingerprint density at radius 1 is 1.38 bits per heavy atom. The first kappa shape index (κ1) is 11.7. The second-order valence-corrected chi connectivity index (χ2v) is 6.44. The zero-order chi connectivity index (χ0) is 11.9. The molecule has 2 aromatic rings. The van der Waals surface area contributed by atoms with Crippen molar-refractivity contribution in [2.75, 3.05) is 13.4 Å². The molecule has 1 aromatic heterocycles. The number of hydrogen-bond donors (Lipinski definition) is 0. The van der Waals surface area contributed by atoms with Gasteiger partial charge in [-0.2, -0.15) is 0 Å². The molecule has 86 valence electrons. The minimum Gasteiger partial charge on any atom is -0.497 e. The van der Waals surface area contributed by atoms with Gasteiger partial charge >= 0.3 is 0 Å². The number of fused-ring (bicyclic) bond motifs is 1. The monoisotopic (exact) mass is 351 g/mol. The van der Waals surface area contributed by atoms with Crippen molar-refractivity contribution in [3.05, 3.63) is 28.0 Å². The first-order chi connectivity index (χ1) is 7.43. The van der Waals surface area contributed by atoms with Gasteiger partial charge in [0.25, 0.3) is 0 Å². The molecule has 4 nitrogen and oxygen atoms in total. The lowest BCUT2D eigenvalue weighted by Crippen LogP contribution is -2.08. The third-order valence-electron chi connectivity index (χ3n) is 2.29. The number of nitrogens with zero attached hydrogens (tertiary/aromatic N) is 1. The summed E-state index contributed by atoms with van der Waals surface area (Å²) >= 11 is 2.11. The van der Waals surface area contributed by atoms with Crippen molar-refractivity contribution < 1.29 is 13.2 Å². The highest BCUT2D eigenvalue weighted by Crippen LogP contribution is 2.27. The van der Waals surface area contributed by atoms with Crippen molar-refractivity contribution in [2.24, 2.45) is 0 Å². The van der Waals surface area contributed by atoms with Gasteiger partial charge in [-0.1, -0.05) is 0 Å². The van der Waals surface area contributed by atoms with E-state index in [9.17, 15) is 8.42 Å². The number of rotatable bonds is 2. The van der Waals surface area contributed by atoms with Gasteiger partial charge in [0.1, 0.15) is 5.75 Å². The average molecular weight is 351 g/mol. The zero-order valence-electron chi connectivity index (χ0n) is 8.77. The molecule has 0 saturated heterocycles. The van der Waals surface area contributed by atoms with Gasteiger partial charge < -0.3 is 4.74 Å². The Morgan fingerprint density at radius 2 is 2.06 bits per heavy atom. The van der Waals surface area contributed by atoms with E-state index in [1.54, 1.807) is 25.4 Å². The van der Waals surface area contributed by atoms with E-state index >= 15 is 0 Å². The van der Waals surface area contributed by atoms with Gasteiger partial charge in [-0.05, 0) is 40.8 Å². The molecule has 0 bridgehead atoms. The summed E-state index contributed by atoms with van der Waals surface area (Å²) in [7, 11) is -1.67. The minimum absolute atomic E-state index is 0.674. The molecule has 0 atom stereocenters. The van der Waals surface area contributed by atoms with Crippen LogP contribution in [0.4, 0.5) is 0 Å². The van der Waals surface area contributed by atoms with Gasteiger partial charge in [0.05, 0.1) is 18.9 Å². The van der Waals surface area contributed by atoms with Gasteiger partial charge in [-0.25, -0.2) is 12.4 Å². The lowest BCUT2D eigenvalue weighted by Gasteiger charge is -2.03. The molecule has 0 saturated carbocycles. The van der Waals surface area contributed by atoms with E-state index in [2.05, 4.69) is 22.6 Å². The van der Waals surface area contributed by atoms with Crippen LogP contribution in [-0.4, -0.2) is 25.8 Å². The summed E-state index contributed by atoms with van der Waals surface area (Å²) in [6, 6.07) is 5.33. The van der Waals surface area contributed by atoms with Crippen LogP contribution in [0.25, 0.3) is 10.9 Å². The number of benzene rings is 1. The number of ether oxygens (including phenoxy) is 1. The Hall–Kier alpha value is -0.760. The molecular weight excluding hydrogens is 341 g/mol. The molecule has 0 amide bonds. The zero-order valence-corrected chi connectivity index (χ0v) is 11.7. The van der Waals surface area contributed by atoms with Crippen LogP contribution < -0.4 is 4.74 Å². The molecule has 0 spiro atoms. The van der Waals surface area contributed by atoms with Crippen LogP contribution in [0.15, 0.2) is 24.4 Å². The predicted molar refractivity (Wildman–Crippen MR) is 71.4 cm³/mol. The van der Waals surface area contributed by atoms with Crippen LogP contribution in [0, 0.1) is 3.57 Å². The highest BCUT2D eigenvalue weighted by Gasteiger charge is 2.13. The van der Waals surface area contributed by atoms with Gasteiger partial charge in [0, 0.05) is 15.2 Å². The average Bonchev–Trinajstić information content (AvgIpc) is 2.55. The molecule has 0 fully saturated rings. The first-order valence-electron chi connectivity index (χ1n) is 4.48. The van der Waals surface area contributed by atoms with E-state index in [0.29, 0.717) is 5.52 Å². The Balaban J connectivity index is 2.82. The van der Waals surface area contributed by atoms with E-state index in [-0.39, 0.29) is 0 Å². The van der Waals surface area contributed by atoms with Gasteiger partial charge in [0.2, 0.25) is 10.0 Å². The molecular formula is C10H10INO3S. The molecule has 0 unspecified atom stereocenters. The Bertz CT molecular complexity index is 645. The Morgan fingerprint density at radius 3 is 2.62 bits per heavy atom. The summed E-state index contributed by atoms with van der Waals surface area (Å²) in [4.78, 5) is 0. The predicted octanol–water partition coefficient (Wildman–Crippen LogP) is 2.06. The van der Waals surface area contributed by atoms with Crippen molar-refractivity contribution in [3.63, 3.8) is 0 Å². The molecule has 0 aliphatic carbocycles.